The first-order valence-electron chi connectivity index (χ1n) is 6.07. The zero-order valence-corrected chi connectivity index (χ0v) is 10.3. The van der Waals surface area contributed by atoms with Crippen LogP contribution in [-0.4, -0.2) is 37.5 Å². The number of nitrogens with one attached hydrogen (secondary N) is 1. The first kappa shape index (κ1) is 12.5. The van der Waals surface area contributed by atoms with Gasteiger partial charge in [0.15, 0.2) is 0 Å². The molecule has 15 heavy (non-hydrogen) atoms. The Balaban J connectivity index is 2.36. The summed E-state index contributed by atoms with van der Waals surface area (Å²) < 4.78 is 0. The van der Waals surface area contributed by atoms with E-state index in [0.29, 0.717) is 17.7 Å². The van der Waals surface area contributed by atoms with Crippen molar-refractivity contribution in [2.75, 3.05) is 26.7 Å². The third-order valence-electron chi connectivity index (χ3n) is 3.33. The Morgan fingerprint density at radius 3 is 2.87 bits per heavy atom. The summed E-state index contributed by atoms with van der Waals surface area (Å²) in [5, 5.41) is 3.12. The lowest BCUT2D eigenvalue weighted by Gasteiger charge is -2.34. The van der Waals surface area contributed by atoms with E-state index >= 15 is 0 Å². The molecule has 3 heteroatoms. The zero-order valence-electron chi connectivity index (χ0n) is 10.3. The number of amides is 1. The fraction of sp³-hybridized carbons (Fsp3) is 0.917. The minimum Gasteiger partial charge on any atom is -0.342 e. The molecule has 1 aliphatic rings. The van der Waals surface area contributed by atoms with E-state index in [4.69, 9.17) is 0 Å². The minimum absolute atomic E-state index is 0.350. The van der Waals surface area contributed by atoms with Crippen LogP contribution in [0.15, 0.2) is 0 Å². The smallest absolute Gasteiger partial charge is 0.222 e. The maximum atomic E-state index is 11.7. The van der Waals surface area contributed by atoms with Gasteiger partial charge in [0.1, 0.15) is 0 Å². The van der Waals surface area contributed by atoms with E-state index in [0.717, 1.165) is 38.9 Å². The first-order chi connectivity index (χ1) is 7.15. The molecule has 0 aromatic heterocycles. The molecule has 1 amide bonds. The van der Waals surface area contributed by atoms with E-state index in [1.54, 1.807) is 0 Å². The number of likely N-dealkylation sites (tertiary alicyclic amines) is 1. The van der Waals surface area contributed by atoms with Gasteiger partial charge < -0.3 is 10.2 Å². The molecule has 1 saturated heterocycles. The van der Waals surface area contributed by atoms with Crippen molar-refractivity contribution in [3.8, 4) is 0 Å². The quantitative estimate of drug-likeness (QED) is 0.700. The molecule has 1 atom stereocenters. The first-order valence-corrected chi connectivity index (χ1v) is 6.07. The topological polar surface area (TPSA) is 32.3 Å². The number of carbonyl (C=O) groups is 1. The van der Waals surface area contributed by atoms with Crippen LogP contribution in [0.1, 0.15) is 33.1 Å². The normalized spacial score (nSPS) is 22.5. The SMILES string of the molecule is CNCCCN1CC(C(C)C)CCC1=O. The van der Waals surface area contributed by atoms with Crippen molar-refractivity contribution in [2.45, 2.75) is 33.1 Å². The summed E-state index contributed by atoms with van der Waals surface area (Å²) >= 11 is 0. The highest BCUT2D eigenvalue weighted by Gasteiger charge is 2.26. The van der Waals surface area contributed by atoms with Gasteiger partial charge in [0.25, 0.3) is 0 Å². The molecule has 0 aliphatic carbocycles. The second kappa shape index (κ2) is 6.11. The van der Waals surface area contributed by atoms with Crippen molar-refractivity contribution in [3.63, 3.8) is 0 Å². The zero-order chi connectivity index (χ0) is 11.3. The van der Waals surface area contributed by atoms with Crippen molar-refractivity contribution < 1.29 is 4.79 Å². The van der Waals surface area contributed by atoms with Crippen LogP contribution in [0.25, 0.3) is 0 Å². The molecule has 1 unspecified atom stereocenters. The van der Waals surface area contributed by atoms with Crippen LogP contribution in [0, 0.1) is 11.8 Å². The van der Waals surface area contributed by atoms with Gasteiger partial charge >= 0.3 is 0 Å². The molecule has 1 heterocycles. The largest absolute Gasteiger partial charge is 0.342 e. The summed E-state index contributed by atoms with van der Waals surface area (Å²) in [7, 11) is 1.95. The van der Waals surface area contributed by atoms with E-state index in [9.17, 15) is 4.79 Å². The summed E-state index contributed by atoms with van der Waals surface area (Å²) in [6.07, 6.45) is 2.90. The Labute approximate surface area is 93.2 Å². The number of hydrogen-bond donors (Lipinski definition) is 1. The van der Waals surface area contributed by atoms with Crippen LogP contribution >= 0.6 is 0 Å². The predicted octanol–water partition coefficient (Wildman–Crippen LogP) is 1.49. The molecule has 88 valence electrons. The second-order valence-corrected chi connectivity index (χ2v) is 4.84. The standard InChI is InChI=1S/C12H24N2O/c1-10(2)11-5-6-12(15)14(9-11)8-4-7-13-3/h10-11,13H,4-9H2,1-3H3. The Morgan fingerprint density at radius 2 is 2.27 bits per heavy atom. The van der Waals surface area contributed by atoms with Crippen LogP contribution in [-0.2, 0) is 4.79 Å². The highest BCUT2D eigenvalue weighted by Crippen LogP contribution is 2.24. The summed E-state index contributed by atoms with van der Waals surface area (Å²) in [6, 6.07) is 0. The average molecular weight is 212 g/mol. The van der Waals surface area contributed by atoms with Gasteiger partial charge in [-0.2, -0.15) is 0 Å². The van der Waals surface area contributed by atoms with Crippen molar-refractivity contribution >= 4 is 5.91 Å². The van der Waals surface area contributed by atoms with Gasteiger partial charge in [-0.15, -0.1) is 0 Å². The Kier molecular flexibility index (Phi) is 5.09. The van der Waals surface area contributed by atoms with Crippen LogP contribution < -0.4 is 5.32 Å². The molecule has 1 fully saturated rings. The minimum atomic E-state index is 0.350. The fourth-order valence-electron chi connectivity index (χ4n) is 2.15. The lowest BCUT2D eigenvalue weighted by Crippen LogP contribution is -2.42. The van der Waals surface area contributed by atoms with Gasteiger partial charge in [0, 0.05) is 19.5 Å². The maximum Gasteiger partial charge on any atom is 0.222 e. The van der Waals surface area contributed by atoms with E-state index < -0.39 is 0 Å². The summed E-state index contributed by atoms with van der Waals surface area (Å²) in [4.78, 5) is 13.7. The van der Waals surface area contributed by atoms with E-state index in [1.165, 1.54) is 0 Å². The molecule has 0 aromatic rings. The number of carbonyl (C=O) groups excluding carboxylic acids is 1. The van der Waals surface area contributed by atoms with Crippen molar-refractivity contribution in [2.24, 2.45) is 11.8 Å². The van der Waals surface area contributed by atoms with Crippen LogP contribution in [0.2, 0.25) is 0 Å². The Hall–Kier alpha value is -0.570. The molecule has 0 bridgehead atoms. The maximum absolute atomic E-state index is 11.7. The predicted molar refractivity (Wildman–Crippen MR) is 62.7 cm³/mol. The number of rotatable bonds is 5. The summed E-state index contributed by atoms with van der Waals surface area (Å²) in [5.74, 6) is 1.75. The van der Waals surface area contributed by atoms with Crippen LogP contribution in [0.3, 0.4) is 0 Å². The van der Waals surface area contributed by atoms with Crippen LogP contribution in [0.4, 0.5) is 0 Å². The Morgan fingerprint density at radius 1 is 1.53 bits per heavy atom. The lowest BCUT2D eigenvalue weighted by atomic mass is 9.87. The average Bonchev–Trinajstić information content (AvgIpc) is 2.20. The summed E-state index contributed by atoms with van der Waals surface area (Å²) in [6.45, 7) is 7.40. The molecular weight excluding hydrogens is 188 g/mol. The van der Waals surface area contributed by atoms with Gasteiger partial charge in [0.05, 0.1) is 0 Å². The number of nitrogens with zero attached hydrogens (tertiary/aromatic N) is 1. The number of hydrogen-bond acceptors (Lipinski definition) is 2. The molecule has 0 radical (unpaired) electrons. The number of piperidine rings is 1. The van der Waals surface area contributed by atoms with Gasteiger partial charge in [-0.1, -0.05) is 13.8 Å². The summed E-state index contributed by atoms with van der Waals surface area (Å²) in [5.41, 5.74) is 0. The molecule has 0 aromatic carbocycles. The van der Waals surface area contributed by atoms with Crippen molar-refractivity contribution in [1.29, 1.82) is 0 Å². The van der Waals surface area contributed by atoms with Crippen molar-refractivity contribution in [3.05, 3.63) is 0 Å². The van der Waals surface area contributed by atoms with Crippen LogP contribution in [0.5, 0.6) is 0 Å². The Bertz CT molecular complexity index is 204. The van der Waals surface area contributed by atoms with Crippen molar-refractivity contribution in [1.82, 2.24) is 10.2 Å². The molecule has 3 nitrogen and oxygen atoms in total. The third-order valence-corrected chi connectivity index (χ3v) is 3.33. The van der Waals surface area contributed by atoms with E-state index in [-0.39, 0.29) is 0 Å². The molecule has 0 saturated carbocycles. The molecular formula is C12H24N2O. The van der Waals surface area contributed by atoms with Gasteiger partial charge in [-0.05, 0) is 38.3 Å². The monoisotopic (exact) mass is 212 g/mol. The van der Waals surface area contributed by atoms with Gasteiger partial charge in [0.2, 0.25) is 5.91 Å². The lowest BCUT2D eigenvalue weighted by molar-refractivity contribution is -0.135. The van der Waals surface area contributed by atoms with Gasteiger partial charge in [-0.25, -0.2) is 0 Å². The van der Waals surface area contributed by atoms with Gasteiger partial charge in [-0.3, -0.25) is 4.79 Å². The highest BCUT2D eigenvalue weighted by molar-refractivity contribution is 5.76. The van der Waals surface area contributed by atoms with E-state index in [1.807, 2.05) is 11.9 Å². The molecule has 1 N–H and O–H groups in total. The molecule has 1 aliphatic heterocycles. The second-order valence-electron chi connectivity index (χ2n) is 4.84. The molecule has 0 spiro atoms. The third kappa shape index (κ3) is 3.82. The van der Waals surface area contributed by atoms with E-state index in [2.05, 4.69) is 19.2 Å². The molecule has 1 rings (SSSR count). The highest BCUT2D eigenvalue weighted by atomic mass is 16.2. The fourth-order valence-corrected chi connectivity index (χ4v) is 2.15.